The molecule has 0 aromatic carbocycles. The van der Waals surface area contributed by atoms with Crippen molar-refractivity contribution in [2.45, 2.75) is 58.8 Å². The van der Waals surface area contributed by atoms with Gasteiger partial charge in [0.25, 0.3) is 0 Å². The van der Waals surface area contributed by atoms with Crippen LogP contribution in [0.1, 0.15) is 58.8 Å². The molecule has 0 aliphatic heterocycles. The molecule has 3 heteroatoms. The second kappa shape index (κ2) is 14.3. The second-order valence-corrected chi connectivity index (χ2v) is 4.20. The third kappa shape index (κ3) is 14.1. The fourth-order valence-corrected chi connectivity index (χ4v) is 1.38. The van der Waals surface area contributed by atoms with Gasteiger partial charge in [-0.3, -0.25) is 0 Å². The van der Waals surface area contributed by atoms with Crippen LogP contribution in [0.25, 0.3) is 0 Å². The molecule has 2 nitrogen and oxygen atoms in total. The van der Waals surface area contributed by atoms with Crippen LogP contribution in [0, 0.1) is 6.42 Å². The molecule has 0 radical (unpaired) electrons. The average molecular weight is 248 g/mol. The third-order valence-corrected chi connectivity index (χ3v) is 2.40. The van der Waals surface area contributed by atoms with Gasteiger partial charge < -0.3 is 11.2 Å². The predicted molar refractivity (Wildman–Crippen MR) is 68.1 cm³/mol. The Hall–Kier alpha value is 0.210. The zero-order chi connectivity index (χ0) is 12.2. The molecule has 0 bridgehead atoms. The molecule has 0 saturated heterocycles. The summed E-state index contributed by atoms with van der Waals surface area (Å²) < 4.78 is 4.99. The van der Waals surface area contributed by atoms with Crippen molar-refractivity contribution < 1.29 is 39.1 Å². The maximum Gasteiger partial charge on any atom is 1.00 e. The Bertz CT molecular complexity index is 202. The number of rotatable bonds is 10. The van der Waals surface area contributed by atoms with Gasteiger partial charge in [0, 0.05) is 5.57 Å². The molecular formula is C14H25NaO2. The standard InChI is InChI=1S/C14H25O2.Na/c1-4-5-6-7-8-9-10-11-12-16-14(15)13(2)3;/h9H,2,4-8,10-12H2,1,3H3;/q-1;+1. The Labute approximate surface area is 128 Å². The minimum absolute atomic E-state index is 0. The fourth-order valence-electron chi connectivity index (χ4n) is 1.38. The average Bonchev–Trinajstić information content (AvgIpc) is 2.26. The first kappa shape index (κ1) is 19.5. The minimum Gasteiger partial charge on any atom is -0.462 e. The van der Waals surface area contributed by atoms with Gasteiger partial charge in [-0.1, -0.05) is 39.2 Å². The van der Waals surface area contributed by atoms with Crippen LogP contribution in [0.3, 0.4) is 0 Å². The van der Waals surface area contributed by atoms with Gasteiger partial charge in [-0.05, 0) is 13.3 Å². The Morgan fingerprint density at radius 3 is 2.41 bits per heavy atom. The third-order valence-electron chi connectivity index (χ3n) is 2.40. The number of carbonyl (C=O) groups excluding carboxylic acids is 1. The molecule has 0 aliphatic carbocycles. The van der Waals surface area contributed by atoms with E-state index < -0.39 is 0 Å². The molecule has 0 rings (SSSR count). The monoisotopic (exact) mass is 248 g/mol. The summed E-state index contributed by atoms with van der Waals surface area (Å²) in [5.74, 6) is -0.275. The van der Waals surface area contributed by atoms with Gasteiger partial charge in [-0.25, -0.2) is 4.79 Å². The van der Waals surface area contributed by atoms with Gasteiger partial charge in [0.15, 0.2) is 0 Å². The first-order chi connectivity index (χ1) is 7.68. The Balaban J connectivity index is 0. The Kier molecular flexibility index (Phi) is 16.4. The topological polar surface area (TPSA) is 26.3 Å². The molecule has 0 amide bonds. The zero-order valence-electron chi connectivity index (χ0n) is 11.8. The SMILES string of the molecule is C=C(C)C(=O)OCCC[CH-]CCCCCC.[Na+]. The molecule has 17 heavy (non-hydrogen) atoms. The number of hydrogen-bond donors (Lipinski definition) is 0. The van der Waals surface area contributed by atoms with Gasteiger partial charge in [-0.15, -0.1) is 0 Å². The molecule has 0 spiro atoms. The number of ether oxygens (including phenoxy) is 1. The first-order valence-corrected chi connectivity index (χ1v) is 6.32. The van der Waals surface area contributed by atoms with E-state index in [-0.39, 0.29) is 35.5 Å². The summed E-state index contributed by atoms with van der Waals surface area (Å²) in [5.41, 5.74) is 0.476. The molecular weight excluding hydrogens is 223 g/mol. The van der Waals surface area contributed by atoms with E-state index in [2.05, 4.69) is 19.9 Å². The van der Waals surface area contributed by atoms with E-state index in [1.54, 1.807) is 6.92 Å². The summed E-state index contributed by atoms with van der Waals surface area (Å²) in [6, 6.07) is 0. The molecule has 0 N–H and O–H groups in total. The van der Waals surface area contributed by atoms with E-state index in [1.165, 1.54) is 32.1 Å². The normalized spacial score (nSPS) is 9.53. The van der Waals surface area contributed by atoms with Crippen molar-refractivity contribution in [2.24, 2.45) is 0 Å². The van der Waals surface area contributed by atoms with Crippen LogP contribution in [0.15, 0.2) is 12.2 Å². The van der Waals surface area contributed by atoms with Gasteiger partial charge in [0.2, 0.25) is 0 Å². The molecule has 0 saturated carbocycles. The Morgan fingerprint density at radius 1 is 1.18 bits per heavy atom. The summed E-state index contributed by atoms with van der Waals surface area (Å²) in [6.45, 7) is 7.93. The summed E-state index contributed by atoms with van der Waals surface area (Å²) in [6.07, 6.45) is 10.7. The van der Waals surface area contributed by atoms with Crippen LogP contribution < -0.4 is 29.6 Å². The largest absolute Gasteiger partial charge is 1.00 e. The number of carbonyl (C=O) groups is 1. The van der Waals surface area contributed by atoms with Crippen molar-refractivity contribution >= 4 is 5.97 Å². The summed E-state index contributed by atoms with van der Waals surface area (Å²) in [7, 11) is 0. The van der Waals surface area contributed by atoms with Crippen LogP contribution >= 0.6 is 0 Å². The van der Waals surface area contributed by atoms with E-state index in [0.717, 1.165) is 12.8 Å². The maximum absolute atomic E-state index is 11.0. The molecule has 0 aliphatic rings. The predicted octanol–water partition coefficient (Wildman–Crippen LogP) is 1.06. The summed E-state index contributed by atoms with van der Waals surface area (Å²) in [5, 5.41) is 0. The van der Waals surface area contributed by atoms with E-state index in [0.29, 0.717) is 12.2 Å². The summed E-state index contributed by atoms with van der Waals surface area (Å²) in [4.78, 5) is 11.0. The van der Waals surface area contributed by atoms with E-state index in [4.69, 9.17) is 4.74 Å². The first-order valence-electron chi connectivity index (χ1n) is 6.32. The van der Waals surface area contributed by atoms with Crippen LogP contribution in [0.5, 0.6) is 0 Å². The van der Waals surface area contributed by atoms with Gasteiger partial charge in [-0.2, -0.15) is 12.8 Å². The molecule has 0 unspecified atom stereocenters. The van der Waals surface area contributed by atoms with Crippen LogP contribution in [0.4, 0.5) is 0 Å². The van der Waals surface area contributed by atoms with Crippen LogP contribution in [-0.4, -0.2) is 12.6 Å². The summed E-state index contributed by atoms with van der Waals surface area (Å²) >= 11 is 0. The molecule has 0 aromatic heterocycles. The van der Waals surface area contributed by atoms with E-state index >= 15 is 0 Å². The Morgan fingerprint density at radius 2 is 1.82 bits per heavy atom. The molecule has 94 valence electrons. The van der Waals surface area contributed by atoms with Crippen LogP contribution in [0.2, 0.25) is 0 Å². The van der Waals surface area contributed by atoms with E-state index in [9.17, 15) is 4.79 Å². The molecule has 0 atom stereocenters. The minimum atomic E-state index is -0.275. The quantitative estimate of drug-likeness (QED) is 0.190. The molecule has 0 fully saturated rings. The van der Waals surface area contributed by atoms with Gasteiger partial charge >= 0.3 is 35.5 Å². The van der Waals surface area contributed by atoms with Crippen molar-refractivity contribution in [3.8, 4) is 0 Å². The maximum atomic E-state index is 11.0. The van der Waals surface area contributed by atoms with Crippen molar-refractivity contribution in [3.63, 3.8) is 0 Å². The fraction of sp³-hybridized carbons (Fsp3) is 0.714. The number of hydrogen-bond acceptors (Lipinski definition) is 2. The number of esters is 1. The second-order valence-electron chi connectivity index (χ2n) is 4.20. The van der Waals surface area contributed by atoms with E-state index in [1.807, 2.05) is 0 Å². The van der Waals surface area contributed by atoms with Gasteiger partial charge in [0.1, 0.15) is 0 Å². The van der Waals surface area contributed by atoms with Crippen molar-refractivity contribution in [1.29, 1.82) is 0 Å². The van der Waals surface area contributed by atoms with Crippen molar-refractivity contribution in [1.82, 2.24) is 0 Å². The molecule has 0 aromatic rings. The van der Waals surface area contributed by atoms with Crippen molar-refractivity contribution in [3.05, 3.63) is 18.6 Å². The van der Waals surface area contributed by atoms with Crippen molar-refractivity contribution in [2.75, 3.05) is 6.61 Å². The number of unbranched alkanes of at least 4 members (excludes halogenated alkanes) is 7. The van der Waals surface area contributed by atoms with Gasteiger partial charge in [0.05, 0.1) is 6.61 Å². The van der Waals surface area contributed by atoms with Crippen LogP contribution in [-0.2, 0) is 9.53 Å². The zero-order valence-corrected chi connectivity index (χ0v) is 13.8. The smallest absolute Gasteiger partial charge is 0.462 e. The molecule has 0 heterocycles.